The van der Waals surface area contributed by atoms with Crippen LogP contribution in [0.1, 0.15) is 43.7 Å². The van der Waals surface area contributed by atoms with Crippen molar-refractivity contribution in [3.05, 3.63) is 29.3 Å². The lowest BCUT2D eigenvalue weighted by Crippen LogP contribution is -2.37. The Balaban J connectivity index is 1.79. The maximum atomic E-state index is 3.53. The van der Waals surface area contributed by atoms with Crippen molar-refractivity contribution in [1.29, 1.82) is 0 Å². The molecule has 1 atom stereocenters. The number of fused-ring (bicyclic) bond motifs is 1. The molecule has 0 bridgehead atoms. The first kappa shape index (κ1) is 12.0. The topological polar surface area (TPSA) is 15.3 Å². The van der Waals surface area contributed by atoms with Crippen LogP contribution in [0.15, 0.2) is 18.2 Å². The Hall–Kier alpha value is -1.02. The van der Waals surface area contributed by atoms with Gasteiger partial charge in [-0.25, -0.2) is 0 Å². The quantitative estimate of drug-likeness (QED) is 0.857. The van der Waals surface area contributed by atoms with Crippen LogP contribution in [-0.4, -0.2) is 24.0 Å². The molecule has 0 radical (unpaired) electrons. The summed E-state index contributed by atoms with van der Waals surface area (Å²) >= 11 is 0. The molecule has 2 heteroatoms. The Morgan fingerprint density at radius 3 is 3.11 bits per heavy atom. The number of rotatable bonds is 2. The van der Waals surface area contributed by atoms with Crippen molar-refractivity contribution in [2.45, 2.75) is 51.6 Å². The first-order valence-corrected chi connectivity index (χ1v) is 7.43. The van der Waals surface area contributed by atoms with E-state index in [4.69, 9.17) is 0 Å². The second-order valence-electron chi connectivity index (χ2n) is 5.79. The summed E-state index contributed by atoms with van der Waals surface area (Å²) in [5.74, 6) is 0. The van der Waals surface area contributed by atoms with E-state index in [0.29, 0.717) is 0 Å². The number of anilines is 1. The number of nitrogens with one attached hydrogen (secondary N) is 1. The fourth-order valence-corrected chi connectivity index (χ4v) is 3.34. The van der Waals surface area contributed by atoms with Gasteiger partial charge in [-0.3, -0.25) is 4.90 Å². The normalized spacial score (nSPS) is 24.4. The summed E-state index contributed by atoms with van der Waals surface area (Å²) in [5, 5.41) is 3.53. The third-order valence-electron chi connectivity index (χ3n) is 4.51. The second-order valence-corrected chi connectivity index (χ2v) is 5.79. The highest BCUT2D eigenvalue weighted by Gasteiger charge is 2.20. The summed E-state index contributed by atoms with van der Waals surface area (Å²) in [4.78, 5) is 2.66. The van der Waals surface area contributed by atoms with Crippen LogP contribution in [-0.2, 0) is 13.0 Å². The van der Waals surface area contributed by atoms with Crippen molar-refractivity contribution in [2.24, 2.45) is 0 Å². The summed E-state index contributed by atoms with van der Waals surface area (Å²) in [6, 6.07) is 7.53. The van der Waals surface area contributed by atoms with Gasteiger partial charge < -0.3 is 5.32 Å². The number of piperidine rings is 1. The lowest BCUT2D eigenvalue weighted by Gasteiger charge is -2.34. The van der Waals surface area contributed by atoms with Crippen molar-refractivity contribution in [2.75, 3.05) is 18.4 Å². The average molecular weight is 244 g/mol. The maximum Gasteiger partial charge on any atom is 0.0375 e. The molecule has 3 rings (SSSR count). The van der Waals surface area contributed by atoms with Gasteiger partial charge in [0.2, 0.25) is 0 Å². The predicted molar refractivity (Wildman–Crippen MR) is 77.0 cm³/mol. The van der Waals surface area contributed by atoms with Gasteiger partial charge in [0.15, 0.2) is 0 Å². The van der Waals surface area contributed by atoms with Crippen LogP contribution in [0.25, 0.3) is 0 Å². The number of hydrogen-bond donors (Lipinski definition) is 1. The van der Waals surface area contributed by atoms with E-state index in [9.17, 15) is 0 Å². The highest BCUT2D eigenvalue weighted by molar-refractivity contribution is 5.56. The lowest BCUT2D eigenvalue weighted by molar-refractivity contribution is 0.152. The monoisotopic (exact) mass is 244 g/mol. The first-order valence-electron chi connectivity index (χ1n) is 7.43. The molecule has 0 aliphatic carbocycles. The number of hydrogen-bond acceptors (Lipinski definition) is 2. The van der Waals surface area contributed by atoms with Gasteiger partial charge in [-0.05, 0) is 56.3 Å². The molecule has 1 aromatic rings. The van der Waals surface area contributed by atoms with Crippen LogP contribution in [0, 0.1) is 0 Å². The van der Waals surface area contributed by atoms with Crippen molar-refractivity contribution >= 4 is 5.69 Å². The van der Waals surface area contributed by atoms with E-state index in [1.165, 1.54) is 44.3 Å². The summed E-state index contributed by atoms with van der Waals surface area (Å²) in [6.07, 6.45) is 6.68. The van der Waals surface area contributed by atoms with Crippen molar-refractivity contribution in [3.8, 4) is 0 Å². The van der Waals surface area contributed by atoms with Crippen LogP contribution in [0.3, 0.4) is 0 Å². The molecule has 1 aromatic carbocycles. The smallest absolute Gasteiger partial charge is 0.0375 e. The molecule has 2 heterocycles. The van der Waals surface area contributed by atoms with Crippen molar-refractivity contribution in [1.82, 2.24) is 4.90 Å². The summed E-state index contributed by atoms with van der Waals surface area (Å²) in [7, 11) is 0. The second kappa shape index (κ2) is 5.31. The molecule has 1 N–H and O–H groups in total. The SMILES string of the molecule is CC1CCCCN1Cc1cccc2c1CCCN2. The van der Waals surface area contributed by atoms with E-state index in [1.54, 1.807) is 11.1 Å². The van der Waals surface area contributed by atoms with E-state index in [2.05, 4.69) is 35.3 Å². The molecule has 1 saturated heterocycles. The van der Waals surface area contributed by atoms with Crippen LogP contribution < -0.4 is 5.32 Å². The van der Waals surface area contributed by atoms with E-state index < -0.39 is 0 Å². The van der Waals surface area contributed by atoms with Crippen LogP contribution >= 0.6 is 0 Å². The van der Waals surface area contributed by atoms with Crippen LogP contribution in [0.2, 0.25) is 0 Å². The highest BCUT2D eigenvalue weighted by Crippen LogP contribution is 2.28. The Kier molecular flexibility index (Phi) is 3.55. The van der Waals surface area contributed by atoms with Gasteiger partial charge in [0.1, 0.15) is 0 Å². The Labute approximate surface area is 110 Å². The molecular formula is C16H24N2. The number of likely N-dealkylation sites (tertiary alicyclic amines) is 1. The molecule has 0 saturated carbocycles. The predicted octanol–water partition coefficient (Wildman–Crippen LogP) is 3.42. The van der Waals surface area contributed by atoms with Gasteiger partial charge >= 0.3 is 0 Å². The standard InChI is InChI=1S/C16H24N2/c1-13-6-2-3-11-18(13)12-14-7-4-9-16-15(14)8-5-10-17-16/h4,7,9,13,17H,2-3,5-6,8,10-12H2,1H3. The number of nitrogens with zero attached hydrogens (tertiary/aromatic N) is 1. The average Bonchev–Trinajstić information content (AvgIpc) is 2.42. The molecule has 18 heavy (non-hydrogen) atoms. The molecule has 2 nitrogen and oxygen atoms in total. The minimum absolute atomic E-state index is 0.756. The zero-order valence-electron chi connectivity index (χ0n) is 11.4. The minimum Gasteiger partial charge on any atom is -0.385 e. The van der Waals surface area contributed by atoms with Gasteiger partial charge in [-0.15, -0.1) is 0 Å². The van der Waals surface area contributed by atoms with E-state index >= 15 is 0 Å². The largest absolute Gasteiger partial charge is 0.385 e. The third-order valence-corrected chi connectivity index (χ3v) is 4.51. The highest BCUT2D eigenvalue weighted by atomic mass is 15.2. The molecule has 2 aliphatic rings. The van der Waals surface area contributed by atoms with Crippen LogP contribution in [0.5, 0.6) is 0 Å². The lowest BCUT2D eigenvalue weighted by atomic mass is 9.95. The zero-order valence-corrected chi connectivity index (χ0v) is 11.4. The Morgan fingerprint density at radius 2 is 2.22 bits per heavy atom. The molecule has 1 unspecified atom stereocenters. The van der Waals surface area contributed by atoms with Gasteiger partial charge in [-0.1, -0.05) is 18.6 Å². The van der Waals surface area contributed by atoms with Crippen molar-refractivity contribution < 1.29 is 0 Å². The Bertz CT molecular complexity index is 414. The summed E-state index contributed by atoms with van der Waals surface area (Å²) in [5.41, 5.74) is 4.50. The number of benzene rings is 1. The first-order chi connectivity index (χ1) is 8.84. The maximum absolute atomic E-state index is 3.53. The molecule has 0 amide bonds. The molecule has 1 fully saturated rings. The molecule has 2 aliphatic heterocycles. The molecule has 0 aromatic heterocycles. The molecule has 0 spiro atoms. The van der Waals surface area contributed by atoms with Crippen molar-refractivity contribution in [3.63, 3.8) is 0 Å². The van der Waals surface area contributed by atoms with Gasteiger partial charge in [0.25, 0.3) is 0 Å². The summed E-state index contributed by atoms with van der Waals surface area (Å²) < 4.78 is 0. The van der Waals surface area contributed by atoms with E-state index in [-0.39, 0.29) is 0 Å². The van der Waals surface area contributed by atoms with Gasteiger partial charge in [0, 0.05) is 24.8 Å². The van der Waals surface area contributed by atoms with Gasteiger partial charge in [0.05, 0.1) is 0 Å². The van der Waals surface area contributed by atoms with E-state index in [1.807, 2.05) is 0 Å². The van der Waals surface area contributed by atoms with Gasteiger partial charge in [-0.2, -0.15) is 0 Å². The fraction of sp³-hybridized carbons (Fsp3) is 0.625. The zero-order chi connectivity index (χ0) is 12.4. The third kappa shape index (κ3) is 2.39. The molecular weight excluding hydrogens is 220 g/mol. The molecule has 98 valence electrons. The summed E-state index contributed by atoms with van der Waals surface area (Å²) in [6.45, 7) is 5.94. The van der Waals surface area contributed by atoms with E-state index in [0.717, 1.165) is 19.1 Å². The Morgan fingerprint density at radius 1 is 1.28 bits per heavy atom. The van der Waals surface area contributed by atoms with Crippen LogP contribution in [0.4, 0.5) is 5.69 Å². The fourth-order valence-electron chi connectivity index (χ4n) is 3.34. The minimum atomic E-state index is 0.756.